The summed E-state index contributed by atoms with van der Waals surface area (Å²) in [4.78, 5) is 12.1. The van der Waals surface area contributed by atoms with E-state index >= 15 is 0 Å². The summed E-state index contributed by atoms with van der Waals surface area (Å²) in [6, 6.07) is 23.9. The summed E-state index contributed by atoms with van der Waals surface area (Å²) in [5.74, 6) is 1.01. The highest BCUT2D eigenvalue weighted by Crippen LogP contribution is 2.28. The molecule has 0 saturated heterocycles. The fourth-order valence-electron chi connectivity index (χ4n) is 2.64. The molecule has 0 saturated carbocycles. The van der Waals surface area contributed by atoms with Crippen LogP contribution in [0.1, 0.15) is 5.56 Å². The molecule has 0 aliphatic rings. The van der Waals surface area contributed by atoms with Crippen LogP contribution >= 0.6 is 23.4 Å². The molecule has 31 heavy (non-hydrogen) atoms. The van der Waals surface area contributed by atoms with Crippen LogP contribution in [0.15, 0.2) is 88.5 Å². The maximum atomic E-state index is 12.1. The molecule has 4 rings (SSSR count). The molecule has 1 heterocycles. The molecule has 4 aromatic rings. The van der Waals surface area contributed by atoms with Gasteiger partial charge >= 0.3 is 5.97 Å². The number of carbonyl (C=O) groups is 1. The molecule has 0 radical (unpaired) electrons. The lowest BCUT2D eigenvalue weighted by Crippen LogP contribution is -2.10. The summed E-state index contributed by atoms with van der Waals surface area (Å²) >= 11 is 7.23. The Morgan fingerprint density at radius 1 is 0.903 bits per heavy atom. The number of carbonyl (C=O) groups excluding carboxylic acids is 1. The molecule has 0 aliphatic heterocycles. The van der Waals surface area contributed by atoms with Gasteiger partial charge in [0, 0.05) is 0 Å². The van der Waals surface area contributed by atoms with Gasteiger partial charge in [-0.2, -0.15) is 0 Å². The van der Waals surface area contributed by atoms with Gasteiger partial charge in [-0.05, 0) is 42.0 Å². The van der Waals surface area contributed by atoms with Crippen molar-refractivity contribution >= 4 is 29.3 Å². The van der Waals surface area contributed by atoms with Crippen LogP contribution in [0.2, 0.25) is 5.02 Å². The fraction of sp³-hybridized carbons (Fsp3) is 0.0870. The smallest absolute Gasteiger partial charge is 0.321 e. The third-order valence-electron chi connectivity index (χ3n) is 4.13. The predicted octanol–water partition coefficient (Wildman–Crippen LogP) is 5.67. The van der Waals surface area contributed by atoms with E-state index < -0.39 is 5.97 Å². The Bertz CT molecular complexity index is 1150. The van der Waals surface area contributed by atoms with E-state index in [0.717, 1.165) is 17.3 Å². The van der Waals surface area contributed by atoms with Crippen LogP contribution in [0.25, 0.3) is 11.5 Å². The van der Waals surface area contributed by atoms with Crippen molar-refractivity contribution < 1.29 is 18.7 Å². The van der Waals surface area contributed by atoms with Crippen molar-refractivity contribution in [3.8, 4) is 23.0 Å². The van der Waals surface area contributed by atoms with Crippen molar-refractivity contribution in [3.63, 3.8) is 0 Å². The number of aromatic nitrogens is 2. The minimum Gasteiger partial charge on any atom is -0.489 e. The second-order valence-corrected chi connectivity index (χ2v) is 7.70. The van der Waals surface area contributed by atoms with Gasteiger partial charge in [0.15, 0.2) is 0 Å². The van der Waals surface area contributed by atoms with Gasteiger partial charge in [-0.1, -0.05) is 65.8 Å². The fourth-order valence-corrected chi connectivity index (χ4v) is 3.39. The van der Waals surface area contributed by atoms with Crippen LogP contribution in [-0.4, -0.2) is 21.9 Å². The first kappa shape index (κ1) is 21.0. The second-order valence-electron chi connectivity index (χ2n) is 6.36. The molecular weight excluding hydrogens is 436 g/mol. The van der Waals surface area contributed by atoms with E-state index in [9.17, 15) is 4.79 Å². The minimum atomic E-state index is -0.430. The molecule has 0 amide bonds. The predicted molar refractivity (Wildman–Crippen MR) is 118 cm³/mol. The lowest BCUT2D eigenvalue weighted by molar-refractivity contribution is -0.131. The number of benzene rings is 3. The standard InChI is InChI=1S/C23H17ClN2O4S/c24-20-9-5-4-8-19(20)22-25-26-23(30-22)31-15-21(27)29-18-12-10-17(11-13-18)28-14-16-6-2-1-3-7-16/h1-13H,14-15H2. The average Bonchev–Trinajstić information content (AvgIpc) is 3.27. The highest BCUT2D eigenvalue weighted by Gasteiger charge is 2.14. The largest absolute Gasteiger partial charge is 0.489 e. The monoisotopic (exact) mass is 452 g/mol. The summed E-state index contributed by atoms with van der Waals surface area (Å²) < 4.78 is 16.6. The zero-order valence-corrected chi connectivity index (χ0v) is 17.8. The maximum Gasteiger partial charge on any atom is 0.321 e. The summed E-state index contributed by atoms with van der Waals surface area (Å²) in [5.41, 5.74) is 1.72. The van der Waals surface area contributed by atoms with Crippen LogP contribution in [0.4, 0.5) is 0 Å². The molecule has 0 N–H and O–H groups in total. The highest BCUT2D eigenvalue weighted by molar-refractivity contribution is 7.99. The van der Waals surface area contributed by atoms with E-state index in [0.29, 0.717) is 34.6 Å². The third-order valence-corrected chi connectivity index (χ3v) is 5.25. The Balaban J connectivity index is 1.26. The number of thioether (sulfide) groups is 1. The number of rotatable bonds is 8. The summed E-state index contributed by atoms with van der Waals surface area (Å²) in [5, 5.41) is 8.68. The lowest BCUT2D eigenvalue weighted by atomic mass is 10.2. The van der Waals surface area contributed by atoms with Crippen LogP contribution < -0.4 is 9.47 Å². The molecule has 6 nitrogen and oxygen atoms in total. The Labute approximate surface area is 188 Å². The molecule has 0 bridgehead atoms. The quantitative estimate of drug-likeness (QED) is 0.194. The van der Waals surface area contributed by atoms with Gasteiger partial charge < -0.3 is 13.9 Å². The van der Waals surface area contributed by atoms with Crippen LogP contribution in [0, 0.1) is 0 Å². The summed E-state index contributed by atoms with van der Waals surface area (Å²) in [7, 11) is 0. The van der Waals surface area contributed by atoms with Crippen molar-refractivity contribution in [2.24, 2.45) is 0 Å². The topological polar surface area (TPSA) is 74.5 Å². The normalized spacial score (nSPS) is 10.6. The van der Waals surface area contributed by atoms with E-state index in [1.165, 1.54) is 0 Å². The highest BCUT2D eigenvalue weighted by atomic mass is 35.5. The van der Waals surface area contributed by atoms with E-state index in [1.54, 1.807) is 36.4 Å². The molecule has 0 fully saturated rings. The summed E-state index contributed by atoms with van der Waals surface area (Å²) in [6.07, 6.45) is 0. The van der Waals surface area contributed by atoms with Crippen LogP contribution in [0.5, 0.6) is 11.5 Å². The van der Waals surface area contributed by atoms with Gasteiger partial charge in [-0.25, -0.2) is 0 Å². The van der Waals surface area contributed by atoms with Gasteiger partial charge in [-0.15, -0.1) is 10.2 Å². The van der Waals surface area contributed by atoms with Gasteiger partial charge in [0.25, 0.3) is 5.22 Å². The SMILES string of the molecule is O=C(CSc1nnc(-c2ccccc2Cl)o1)Oc1ccc(OCc2ccccc2)cc1. The molecular formula is C23H17ClN2O4S. The Kier molecular flexibility index (Phi) is 6.86. The lowest BCUT2D eigenvalue weighted by Gasteiger charge is -2.07. The van der Waals surface area contributed by atoms with Crippen molar-refractivity contribution in [1.82, 2.24) is 10.2 Å². The van der Waals surface area contributed by atoms with Crippen LogP contribution in [0.3, 0.4) is 0 Å². The Morgan fingerprint density at radius 2 is 1.61 bits per heavy atom. The first-order valence-corrected chi connectivity index (χ1v) is 10.7. The summed E-state index contributed by atoms with van der Waals surface area (Å²) in [6.45, 7) is 0.469. The molecule has 1 aromatic heterocycles. The van der Waals surface area contributed by atoms with Gasteiger partial charge in [0.1, 0.15) is 23.9 Å². The average molecular weight is 453 g/mol. The number of nitrogens with zero attached hydrogens (tertiary/aromatic N) is 2. The number of hydrogen-bond donors (Lipinski definition) is 0. The Hall–Kier alpha value is -3.29. The minimum absolute atomic E-state index is 0.0242. The van der Waals surface area contributed by atoms with E-state index in [2.05, 4.69) is 10.2 Å². The maximum absolute atomic E-state index is 12.1. The van der Waals surface area contributed by atoms with Gasteiger partial charge in [0.05, 0.1) is 10.6 Å². The molecule has 0 aliphatic carbocycles. The van der Waals surface area contributed by atoms with Crippen LogP contribution in [-0.2, 0) is 11.4 Å². The van der Waals surface area contributed by atoms with E-state index in [4.69, 9.17) is 25.5 Å². The van der Waals surface area contributed by atoms with E-state index in [1.807, 2.05) is 42.5 Å². The molecule has 156 valence electrons. The molecule has 8 heteroatoms. The number of hydrogen-bond acceptors (Lipinski definition) is 7. The first-order valence-electron chi connectivity index (χ1n) is 9.36. The van der Waals surface area contributed by atoms with Crippen molar-refractivity contribution in [2.75, 3.05) is 5.75 Å². The van der Waals surface area contributed by atoms with Gasteiger partial charge in [-0.3, -0.25) is 4.79 Å². The van der Waals surface area contributed by atoms with Crippen molar-refractivity contribution in [2.45, 2.75) is 11.8 Å². The zero-order chi connectivity index (χ0) is 21.5. The molecule has 0 unspecified atom stereocenters. The molecule has 0 spiro atoms. The van der Waals surface area contributed by atoms with Crippen molar-refractivity contribution in [1.29, 1.82) is 0 Å². The number of ether oxygens (including phenoxy) is 2. The molecule has 0 atom stereocenters. The van der Waals surface area contributed by atoms with Crippen molar-refractivity contribution in [3.05, 3.63) is 89.4 Å². The number of halogens is 1. The Morgan fingerprint density at radius 3 is 2.39 bits per heavy atom. The first-order chi connectivity index (χ1) is 15.2. The van der Waals surface area contributed by atoms with Gasteiger partial charge in [0.2, 0.25) is 5.89 Å². The van der Waals surface area contributed by atoms with E-state index in [-0.39, 0.29) is 11.0 Å². The number of esters is 1. The molecule has 3 aromatic carbocycles. The second kappa shape index (κ2) is 10.1. The zero-order valence-electron chi connectivity index (χ0n) is 16.2. The third kappa shape index (κ3) is 5.87.